The minimum atomic E-state index is -0.346. The second-order valence-electron chi connectivity index (χ2n) is 4.95. The molecule has 1 heterocycles. The van der Waals surface area contributed by atoms with E-state index in [1.54, 1.807) is 0 Å². The Hall–Kier alpha value is -1.88. The molecule has 3 N–H and O–H groups in total. The first-order valence-corrected chi connectivity index (χ1v) is 6.46. The third kappa shape index (κ3) is 3.54. The molecule has 0 spiro atoms. The largest absolute Gasteiger partial charge is 0.368 e. The van der Waals surface area contributed by atoms with Gasteiger partial charge in [0.15, 0.2) is 0 Å². The van der Waals surface area contributed by atoms with E-state index >= 15 is 0 Å². The van der Waals surface area contributed by atoms with Crippen LogP contribution < -0.4 is 11.1 Å². The van der Waals surface area contributed by atoms with Gasteiger partial charge in [0.25, 0.3) is 0 Å². The lowest BCUT2D eigenvalue weighted by Gasteiger charge is -2.21. The molecule has 1 aliphatic heterocycles. The number of hydrogen-bond donors (Lipinski definition) is 2. The first kappa shape index (κ1) is 13.5. The van der Waals surface area contributed by atoms with Crippen molar-refractivity contribution >= 4 is 17.5 Å². The summed E-state index contributed by atoms with van der Waals surface area (Å²) in [7, 11) is 0. The number of anilines is 1. The third-order valence-electron chi connectivity index (χ3n) is 3.34. The molecule has 1 unspecified atom stereocenters. The van der Waals surface area contributed by atoms with Crippen molar-refractivity contribution in [2.45, 2.75) is 25.8 Å². The number of nitrogens with two attached hydrogens (primary N) is 1. The van der Waals surface area contributed by atoms with Crippen LogP contribution in [-0.4, -0.2) is 35.8 Å². The van der Waals surface area contributed by atoms with Crippen LogP contribution in [0.2, 0.25) is 0 Å². The Balaban J connectivity index is 1.92. The van der Waals surface area contributed by atoms with Crippen LogP contribution in [0, 0.1) is 6.92 Å². The van der Waals surface area contributed by atoms with Gasteiger partial charge in [0, 0.05) is 5.69 Å². The molecule has 1 saturated heterocycles. The van der Waals surface area contributed by atoms with Gasteiger partial charge in [-0.2, -0.15) is 0 Å². The number of aryl methyl sites for hydroxylation is 1. The fraction of sp³-hybridized carbons (Fsp3) is 0.429. The van der Waals surface area contributed by atoms with Gasteiger partial charge in [0.2, 0.25) is 11.8 Å². The maximum absolute atomic E-state index is 11.9. The highest BCUT2D eigenvalue weighted by molar-refractivity contribution is 5.93. The quantitative estimate of drug-likeness (QED) is 0.845. The van der Waals surface area contributed by atoms with Gasteiger partial charge in [-0.15, -0.1) is 0 Å². The van der Waals surface area contributed by atoms with E-state index < -0.39 is 0 Å². The third-order valence-corrected chi connectivity index (χ3v) is 3.34. The predicted molar refractivity (Wildman–Crippen MR) is 73.6 cm³/mol. The van der Waals surface area contributed by atoms with Crippen molar-refractivity contribution in [3.63, 3.8) is 0 Å². The van der Waals surface area contributed by atoms with E-state index in [2.05, 4.69) is 5.32 Å². The maximum Gasteiger partial charge on any atom is 0.238 e. The van der Waals surface area contributed by atoms with Crippen LogP contribution in [-0.2, 0) is 9.59 Å². The summed E-state index contributed by atoms with van der Waals surface area (Å²) >= 11 is 0. The second kappa shape index (κ2) is 5.84. The molecule has 1 aliphatic rings. The second-order valence-corrected chi connectivity index (χ2v) is 4.95. The molecule has 0 aliphatic carbocycles. The number of carbonyl (C=O) groups is 2. The number of benzene rings is 1. The summed E-state index contributed by atoms with van der Waals surface area (Å²) in [4.78, 5) is 25.0. The Kier molecular flexibility index (Phi) is 4.16. The minimum absolute atomic E-state index is 0.112. The summed E-state index contributed by atoms with van der Waals surface area (Å²) in [5, 5.41) is 2.84. The molecule has 0 radical (unpaired) electrons. The number of carbonyl (C=O) groups excluding carboxylic acids is 2. The van der Waals surface area contributed by atoms with Crippen molar-refractivity contribution in [1.29, 1.82) is 0 Å². The standard InChI is InChI=1S/C14H19N3O2/c1-10-4-2-5-11(8-10)16-13(18)9-17-7-3-6-12(17)14(15)19/h2,4-5,8,12H,3,6-7,9H2,1H3,(H2,15,19)(H,16,18). The molecule has 0 aromatic heterocycles. The van der Waals surface area contributed by atoms with Crippen molar-refractivity contribution in [1.82, 2.24) is 4.90 Å². The molecule has 1 fully saturated rings. The first-order valence-electron chi connectivity index (χ1n) is 6.46. The van der Waals surface area contributed by atoms with Gasteiger partial charge < -0.3 is 11.1 Å². The predicted octanol–water partition coefficient (Wildman–Crippen LogP) is 0.883. The van der Waals surface area contributed by atoms with Gasteiger partial charge in [-0.05, 0) is 44.0 Å². The summed E-state index contributed by atoms with van der Waals surface area (Å²) in [5.41, 5.74) is 7.19. The molecule has 1 aromatic rings. The van der Waals surface area contributed by atoms with Crippen LogP contribution in [0.4, 0.5) is 5.69 Å². The van der Waals surface area contributed by atoms with E-state index in [4.69, 9.17) is 5.73 Å². The normalized spacial score (nSPS) is 19.3. The Morgan fingerprint density at radius 3 is 2.95 bits per heavy atom. The Labute approximate surface area is 112 Å². The average Bonchev–Trinajstić information content (AvgIpc) is 2.76. The molecule has 2 rings (SSSR count). The Morgan fingerprint density at radius 2 is 2.26 bits per heavy atom. The molecule has 19 heavy (non-hydrogen) atoms. The number of primary amides is 1. The fourth-order valence-electron chi connectivity index (χ4n) is 2.45. The van der Waals surface area contributed by atoms with Crippen molar-refractivity contribution < 1.29 is 9.59 Å². The molecule has 0 saturated carbocycles. The number of amides is 2. The summed E-state index contributed by atoms with van der Waals surface area (Å²) in [6.45, 7) is 2.93. The minimum Gasteiger partial charge on any atom is -0.368 e. The summed E-state index contributed by atoms with van der Waals surface area (Å²) in [6.07, 6.45) is 1.65. The molecule has 102 valence electrons. The van der Waals surface area contributed by atoms with Crippen LogP contribution in [0.3, 0.4) is 0 Å². The van der Waals surface area contributed by atoms with Crippen LogP contribution in [0.5, 0.6) is 0 Å². The molecule has 0 bridgehead atoms. The number of nitrogens with zero attached hydrogens (tertiary/aromatic N) is 1. The molecule has 5 nitrogen and oxygen atoms in total. The number of rotatable bonds is 4. The molecule has 1 atom stereocenters. The number of hydrogen-bond acceptors (Lipinski definition) is 3. The van der Waals surface area contributed by atoms with Crippen molar-refractivity contribution in [3.8, 4) is 0 Å². The molecule has 5 heteroatoms. The lowest BCUT2D eigenvalue weighted by Crippen LogP contribution is -2.43. The highest BCUT2D eigenvalue weighted by atomic mass is 16.2. The highest BCUT2D eigenvalue weighted by Crippen LogP contribution is 2.17. The van der Waals surface area contributed by atoms with E-state index in [1.807, 2.05) is 36.1 Å². The monoisotopic (exact) mass is 261 g/mol. The molecular weight excluding hydrogens is 242 g/mol. The Morgan fingerprint density at radius 1 is 1.47 bits per heavy atom. The van der Waals surface area contributed by atoms with Gasteiger partial charge in [0.1, 0.15) is 0 Å². The molecular formula is C14H19N3O2. The summed E-state index contributed by atoms with van der Waals surface area (Å²) < 4.78 is 0. The van der Waals surface area contributed by atoms with Gasteiger partial charge in [-0.25, -0.2) is 0 Å². The molecule has 1 aromatic carbocycles. The van der Waals surface area contributed by atoms with Crippen LogP contribution >= 0.6 is 0 Å². The average molecular weight is 261 g/mol. The lowest BCUT2D eigenvalue weighted by molar-refractivity contribution is -0.123. The van der Waals surface area contributed by atoms with Crippen LogP contribution in [0.1, 0.15) is 18.4 Å². The topological polar surface area (TPSA) is 75.4 Å². The van der Waals surface area contributed by atoms with E-state index in [-0.39, 0.29) is 24.4 Å². The van der Waals surface area contributed by atoms with E-state index in [0.717, 1.165) is 30.6 Å². The first-order chi connectivity index (χ1) is 9.06. The zero-order chi connectivity index (χ0) is 13.8. The lowest BCUT2D eigenvalue weighted by atomic mass is 10.2. The Bertz CT molecular complexity index is 487. The van der Waals surface area contributed by atoms with E-state index in [9.17, 15) is 9.59 Å². The van der Waals surface area contributed by atoms with Crippen molar-refractivity contribution in [2.75, 3.05) is 18.4 Å². The molecule has 2 amide bonds. The zero-order valence-electron chi connectivity index (χ0n) is 11.1. The SMILES string of the molecule is Cc1cccc(NC(=O)CN2CCCC2C(N)=O)c1. The summed E-state index contributed by atoms with van der Waals surface area (Å²) in [6, 6.07) is 7.32. The smallest absolute Gasteiger partial charge is 0.238 e. The van der Waals surface area contributed by atoms with Gasteiger partial charge in [0.05, 0.1) is 12.6 Å². The van der Waals surface area contributed by atoms with E-state index in [1.165, 1.54) is 0 Å². The number of likely N-dealkylation sites (tertiary alicyclic amines) is 1. The van der Waals surface area contributed by atoms with Gasteiger partial charge in [-0.1, -0.05) is 12.1 Å². The fourth-order valence-corrected chi connectivity index (χ4v) is 2.45. The summed E-state index contributed by atoms with van der Waals surface area (Å²) in [5.74, 6) is -0.459. The van der Waals surface area contributed by atoms with Crippen molar-refractivity contribution in [3.05, 3.63) is 29.8 Å². The van der Waals surface area contributed by atoms with Gasteiger partial charge in [-0.3, -0.25) is 14.5 Å². The van der Waals surface area contributed by atoms with Crippen LogP contribution in [0.15, 0.2) is 24.3 Å². The number of nitrogens with one attached hydrogen (secondary N) is 1. The van der Waals surface area contributed by atoms with Crippen molar-refractivity contribution in [2.24, 2.45) is 5.73 Å². The highest BCUT2D eigenvalue weighted by Gasteiger charge is 2.30. The maximum atomic E-state index is 11.9. The van der Waals surface area contributed by atoms with Crippen LogP contribution in [0.25, 0.3) is 0 Å². The van der Waals surface area contributed by atoms with Gasteiger partial charge >= 0.3 is 0 Å². The van der Waals surface area contributed by atoms with E-state index in [0.29, 0.717) is 0 Å². The zero-order valence-corrected chi connectivity index (χ0v) is 11.1.